The highest BCUT2D eigenvalue weighted by Crippen LogP contribution is 2.42. The number of nitrogens with one attached hydrogen (secondary N) is 1. The van der Waals surface area contributed by atoms with Crippen molar-refractivity contribution in [2.45, 2.75) is 39.0 Å². The van der Waals surface area contributed by atoms with E-state index in [-0.39, 0.29) is 17.4 Å². The van der Waals surface area contributed by atoms with Gasteiger partial charge in [0, 0.05) is 40.4 Å². The number of halogens is 1. The minimum Gasteiger partial charge on any atom is -0.362 e. The Balaban J connectivity index is 2.24. The highest BCUT2D eigenvalue weighted by atomic mass is 19.1. The largest absolute Gasteiger partial charge is 0.362 e. The molecule has 0 fully saturated rings. The van der Waals surface area contributed by atoms with Gasteiger partial charge in [0.25, 0.3) is 0 Å². The molecule has 0 saturated heterocycles. The summed E-state index contributed by atoms with van der Waals surface area (Å²) in [5.41, 5.74) is 3.00. The first-order chi connectivity index (χ1) is 10.5. The molecular formula is C18H18FNO2. The number of carbonyl (C=O) groups excluding carboxylic acids is 2. The fraction of sp³-hybridized carbons (Fsp3) is 0.333. The topological polar surface area (TPSA) is 46.2 Å². The Kier molecular flexibility index (Phi) is 3.69. The first-order valence-electron chi connectivity index (χ1n) is 7.50. The second-order valence-corrected chi connectivity index (χ2v) is 5.84. The van der Waals surface area contributed by atoms with Crippen molar-refractivity contribution < 1.29 is 14.0 Å². The van der Waals surface area contributed by atoms with Crippen molar-refractivity contribution in [2.24, 2.45) is 0 Å². The third-order valence-corrected chi connectivity index (χ3v) is 4.37. The van der Waals surface area contributed by atoms with Crippen LogP contribution in [-0.2, 0) is 9.59 Å². The number of hydrogen-bond acceptors (Lipinski definition) is 3. The predicted molar refractivity (Wildman–Crippen MR) is 81.5 cm³/mol. The summed E-state index contributed by atoms with van der Waals surface area (Å²) < 4.78 is 14.3. The van der Waals surface area contributed by atoms with Crippen LogP contribution in [-0.4, -0.2) is 11.6 Å². The van der Waals surface area contributed by atoms with Crippen LogP contribution >= 0.6 is 0 Å². The van der Waals surface area contributed by atoms with E-state index in [1.165, 1.54) is 13.0 Å². The Morgan fingerprint density at radius 3 is 2.68 bits per heavy atom. The molecule has 0 saturated carbocycles. The van der Waals surface area contributed by atoms with Crippen LogP contribution in [0.1, 0.15) is 44.6 Å². The second-order valence-electron chi connectivity index (χ2n) is 5.84. The van der Waals surface area contributed by atoms with Crippen LogP contribution in [0.15, 0.2) is 46.8 Å². The Morgan fingerprint density at radius 1 is 1.27 bits per heavy atom. The van der Waals surface area contributed by atoms with E-state index in [2.05, 4.69) is 5.32 Å². The van der Waals surface area contributed by atoms with Crippen molar-refractivity contribution in [3.05, 3.63) is 58.2 Å². The first-order valence-corrected chi connectivity index (χ1v) is 7.50. The number of hydrogen-bond donors (Lipinski definition) is 1. The van der Waals surface area contributed by atoms with Crippen molar-refractivity contribution in [3.63, 3.8) is 0 Å². The van der Waals surface area contributed by atoms with Gasteiger partial charge in [-0.15, -0.1) is 0 Å². The molecule has 0 spiro atoms. The Labute approximate surface area is 128 Å². The number of rotatable bonds is 2. The molecule has 0 aromatic heterocycles. The summed E-state index contributed by atoms with van der Waals surface area (Å²) in [6.45, 7) is 3.28. The van der Waals surface area contributed by atoms with E-state index in [0.29, 0.717) is 28.8 Å². The normalized spacial score (nSPS) is 21.6. The molecule has 0 bridgehead atoms. The van der Waals surface area contributed by atoms with Gasteiger partial charge in [-0.25, -0.2) is 4.39 Å². The van der Waals surface area contributed by atoms with Crippen molar-refractivity contribution in [3.8, 4) is 0 Å². The maximum Gasteiger partial charge on any atom is 0.161 e. The summed E-state index contributed by atoms with van der Waals surface area (Å²) in [5, 5.41) is 3.19. The van der Waals surface area contributed by atoms with Gasteiger partial charge in [0.1, 0.15) is 5.82 Å². The second kappa shape index (κ2) is 5.52. The number of dihydropyridines is 1. The quantitative estimate of drug-likeness (QED) is 0.910. The molecule has 2 aliphatic rings. The standard InChI is InChI=1S/C18H18FNO2/c1-10-16(11(2)21)17(12-6-3-4-7-13(12)19)18-14(20-10)8-5-9-15(18)22/h3-4,6-7,17,20H,5,8-9H2,1-2H3. The molecule has 1 heterocycles. The lowest BCUT2D eigenvalue weighted by Gasteiger charge is -2.34. The number of benzene rings is 1. The molecule has 1 aliphatic heterocycles. The van der Waals surface area contributed by atoms with Gasteiger partial charge in [-0.2, -0.15) is 0 Å². The summed E-state index contributed by atoms with van der Waals surface area (Å²) in [7, 11) is 0. The van der Waals surface area contributed by atoms with E-state index in [1.807, 2.05) is 6.92 Å². The van der Waals surface area contributed by atoms with Gasteiger partial charge in [0.2, 0.25) is 0 Å². The Morgan fingerprint density at radius 2 is 2.00 bits per heavy atom. The maximum absolute atomic E-state index is 14.3. The van der Waals surface area contributed by atoms with E-state index < -0.39 is 5.92 Å². The number of Topliss-reactive ketones (excluding diaryl/α,β-unsaturated/α-hetero) is 2. The van der Waals surface area contributed by atoms with Gasteiger partial charge in [-0.3, -0.25) is 9.59 Å². The summed E-state index contributed by atoms with van der Waals surface area (Å²) in [6, 6.07) is 6.38. The lowest BCUT2D eigenvalue weighted by molar-refractivity contribution is -0.116. The van der Waals surface area contributed by atoms with Crippen LogP contribution in [0.2, 0.25) is 0 Å². The summed E-state index contributed by atoms with van der Waals surface area (Å²) in [5.74, 6) is -1.11. The molecule has 1 N–H and O–H groups in total. The first kappa shape index (κ1) is 14.7. The highest BCUT2D eigenvalue weighted by Gasteiger charge is 2.38. The Hall–Kier alpha value is -2.23. The fourth-order valence-electron chi connectivity index (χ4n) is 3.47. The van der Waals surface area contributed by atoms with Gasteiger partial charge < -0.3 is 5.32 Å². The molecule has 1 atom stereocenters. The number of allylic oxidation sites excluding steroid dienone is 4. The Bertz CT molecular complexity index is 730. The van der Waals surface area contributed by atoms with Gasteiger partial charge in [0.05, 0.1) is 0 Å². The fourth-order valence-corrected chi connectivity index (χ4v) is 3.47. The lowest BCUT2D eigenvalue weighted by Crippen LogP contribution is -2.33. The molecule has 1 aliphatic carbocycles. The monoisotopic (exact) mass is 299 g/mol. The maximum atomic E-state index is 14.3. The van der Waals surface area contributed by atoms with Gasteiger partial charge in [-0.05, 0) is 32.8 Å². The van der Waals surface area contributed by atoms with Gasteiger partial charge >= 0.3 is 0 Å². The van der Waals surface area contributed by atoms with Crippen LogP contribution in [0.3, 0.4) is 0 Å². The molecule has 22 heavy (non-hydrogen) atoms. The van der Waals surface area contributed by atoms with E-state index in [4.69, 9.17) is 0 Å². The van der Waals surface area contributed by atoms with Crippen LogP contribution < -0.4 is 5.32 Å². The summed E-state index contributed by atoms with van der Waals surface area (Å²) >= 11 is 0. The predicted octanol–water partition coefficient (Wildman–Crippen LogP) is 3.38. The molecule has 0 radical (unpaired) electrons. The molecular weight excluding hydrogens is 281 g/mol. The van der Waals surface area contributed by atoms with Crippen LogP contribution in [0.25, 0.3) is 0 Å². The van der Waals surface area contributed by atoms with Crippen molar-refractivity contribution in [1.82, 2.24) is 5.32 Å². The average Bonchev–Trinajstić information content (AvgIpc) is 2.46. The SMILES string of the molecule is CC(=O)C1=C(C)NC2=C(C(=O)CCC2)C1c1ccccc1F. The number of ketones is 2. The summed E-state index contributed by atoms with van der Waals surface area (Å²) in [4.78, 5) is 24.6. The van der Waals surface area contributed by atoms with E-state index in [1.54, 1.807) is 18.2 Å². The molecule has 1 aromatic rings. The summed E-state index contributed by atoms with van der Waals surface area (Å²) in [6.07, 6.45) is 2.00. The number of carbonyl (C=O) groups is 2. The molecule has 114 valence electrons. The van der Waals surface area contributed by atoms with Gasteiger partial charge in [0.15, 0.2) is 11.6 Å². The zero-order valence-corrected chi connectivity index (χ0v) is 12.7. The third-order valence-electron chi connectivity index (χ3n) is 4.37. The van der Waals surface area contributed by atoms with E-state index >= 15 is 0 Å². The lowest BCUT2D eigenvalue weighted by atomic mass is 9.74. The zero-order chi connectivity index (χ0) is 15.9. The molecule has 4 heteroatoms. The zero-order valence-electron chi connectivity index (χ0n) is 12.7. The highest BCUT2D eigenvalue weighted by molar-refractivity contribution is 6.05. The van der Waals surface area contributed by atoms with Crippen LogP contribution in [0.4, 0.5) is 4.39 Å². The van der Waals surface area contributed by atoms with Crippen LogP contribution in [0.5, 0.6) is 0 Å². The smallest absolute Gasteiger partial charge is 0.161 e. The molecule has 1 unspecified atom stereocenters. The van der Waals surface area contributed by atoms with E-state index in [0.717, 1.165) is 18.5 Å². The minimum absolute atomic E-state index is 0.00764. The van der Waals surface area contributed by atoms with Crippen molar-refractivity contribution in [2.75, 3.05) is 0 Å². The van der Waals surface area contributed by atoms with Crippen molar-refractivity contribution >= 4 is 11.6 Å². The average molecular weight is 299 g/mol. The molecule has 3 nitrogen and oxygen atoms in total. The third kappa shape index (κ3) is 2.28. The minimum atomic E-state index is -0.595. The van der Waals surface area contributed by atoms with Crippen molar-refractivity contribution in [1.29, 1.82) is 0 Å². The molecule has 3 rings (SSSR count). The van der Waals surface area contributed by atoms with Crippen LogP contribution in [0, 0.1) is 5.82 Å². The molecule has 1 aromatic carbocycles. The molecule has 0 amide bonds. The van der Waals surface area contributed by atoms with Gasteiger partial charge in [-0.1, -0.05) is 18.2 Å². The van der Waals surface area contributed by atoms with E-state index in [9.17, 15) is 14.0 Å².